The second-order valence-corrected chi connectivity index (χ2v) is 4.25. The maximum atomic E-state index is 11.4. The quantitative estimate of drug-likeness (QED) is 0.828. The van der Waals surface area contributed by atoms with E-state index in [0.717, 1.165) is 11.1 Å². The molecular formula is C15H18N2O2. The van der Waals surface area contributed by atoms with E-state index < -0.39 is 0 Å². The van der Waals surface area contributed by atoms with Gasteiger partial charge in [-0.1, -0.05) is 30.3 Å². The number of nitrogens with two attached hydrogens (primary N) is 1. The molecule has 0 bridgehead atoms. The van der Waals surface area contributed by atoms with Crippen LogP contribution in [0.5, 0.6) is 5.75 Å². The van der Waals surface area contributed by atoms with Gasteiger partial charge in [0, 0.05) is 13.1 Å². The number of nitrogens with one attached hydrogen (secondary N) is 1. The third kappa shape index (κ3) is 3.96. The first-order valence-electron chi connectivity index (χ1n) is 6.38. The van der Waals surface area contributed by atoms with E-state index in [1.807, 2.05) is 36.4 Å². The van der Waals surface area contributed by atoms with E-state index in [-0.39, 0.29) is 5.91 Å². The molecule has 19 heavy (non-hydrogen) atoms. The first-order chi connectivity index (χ1) is 9.29. The molecule has 0 spiro atoms. The summed E-state index contributed by atoms with van der Waals surface area (Å²) in [5, 5.41) is 5.01. The number of hydrogen-bond donors (Lipinski definition) is 2. The minimum Gasteiger partial charge on any atom is -0.493 e. The van der Waals surface area contributed by atoms with E-state index in [4.69, 9.17) is 10.5 Å². The van der Waals surface area contributed by atoms with Crippen molar-refractivity contribution in [1.29, 1.82) is 0 Å². The summed E-state index contributed by atoms with van der Waals surface area (Å²) in [4.78, 5) is 11.4. The van der Waals surface area contributed by atoms with Gasteiger partial charge in [0.25, 0.3) is 0 Å². The number of rotatable bonds is 6. The molecule has 0 atom stereocenters. The summed E-state index contributed by atoms with van der Waals surface area (Å²) in [5.74, 6) is 0.747. The second kappa shape index (κ2) is 6.75. The van der Waals surface area contributed by atoms with Gasteiger partial charge in [-0.15, -0.1) is 0 Å². The Morgan fingerprint density at radius 1 is 1.16 bits per heavy atom. The number of carbonyl (C=O) groups is 1. The summed E-state index contributed by atoms with van der Waals surface area (Å²) in [6.07, 6.45) is 0.340. The molecule has 0 saturated heterocycles. The van der Waals surface area contributed by atoms with Crippen LogP contribution < -0.4 is 15.8 Å². The van der Waals surface area contributed by atoms with E-state index in [0.29, 0.717) is 26.1 Å². The Morgan fingerprint density at radius 2 is 1.95 bits per heavy atom. The Balaban J connectivity index is 1.86. The molecule has 4 nitrogen and oxygen atoms in total. The third-order valence-corrected chi connectivity index (χ3v) is 2.79. The zero-order chi connectivity index (χ0) is 13.5. The molecule has 3 N–H and O–H groups in total. The summed E-state index contributed by atoms with van der Waals surface area (Å²) in [5.41, 5.74) is 5.30. The van der Waals surface area contributed by atoms with Gasteiger partial charge in [-0.25, -0.2) is 0 Å². The Bertz CT molecular complexity index is 555. The van der Waals surface area contributed by atoms with Gasteiger partial charge in [0.05, 0.1) is 13.0 Å². The molecule has 0 saturated carbocycles. The minimum atomic E-state index is -0.0359. The van der Waals surface area contributed by atoms with Crippen molar-refractivity contribution >= 4 is 16.7 Å². The van der Waals surface area contributed by atoms with Crippen LogP contribution in [0.4, 0.5) is 0 Å². The third-order valence-electron chi connectivity index (χ3n) is 2.79. The van der Waals surface area contributed by atoms with Crippen LogP contribution in [-0.2, 0) is 4.79 Å². The largest absolute Gasteiger partial charge is 0.493 e. The average molecular weight is 258 g/mol. The van der Waals surface area contributed by atoms with Crippen LogP contribution in [0, 0.1) is 0 Å². The number of amides is 1. The minimum absolute atomic E-state index is 0.0359. The van der Waals surface area contributed by atoms with Crippen molar-refractivity contribution in [2.75, 3.05) is 19.7 Å². The molecule has 0 heterocycles. The van der Waals surface area contributed by atoms with E-state index >= 15 is 0 Å². The van der Waals surface area contributed by atoms with E-state index in [9.17, 15) is 4.79 Å². The van der Waals surface area contributed by atoms with Gasteiger partial charge in [-0.05, 0) is 22.9 Å². The topological polar surface area (TPSA) is 64.3 Å². The van der Waals surface area contributed by atoms with Crippen molar-refractivity contribution in [1.82, 2.24) is 5.32 Å². The van der Waals surface area contributed by atoms with Crippen molar-refractivity contribution in [3.8, 4) is 5.75 Å². The van der Waals surface area contributed by atoms with Crippen molar-refractivity contribution in [2.45, 2.75) is 6.42 Å². The normalized spacial score (nSPS) is 10.4. The molecule has 1 amide bonds. The standard InChI is InChI=1S/C15H18N2O2/c16-8-9-17-15(18)7-10-19-14-6-5-12-3-1-2-4-13(12)11-14/h1-6,11H,7-10,16H2,(H,17,18). The van der Waals surface area contributed by atoms with Gasteiger partial charge in [-0.2, -0.15) is 0 Å². The van der Waals surface area contributed by atoms with Gasteiger partial charge >= 0.3 is 0 Å². The number of benzene rings is 2. The number of ether oxygens (including phenoxy) is 1. The molecule has 0 unspecified atom stereocenters. The Morgan fingerprint density at radius 3 is 2.74 bits per heavy atom. The van der Waals surface area contributed by atoms with Crippen molar-refractivity contribution in [2.24, 2.45) is 5.73 Å². The van der Waals surface area contributed by atoms with Gasteiger partial charge in [0.2, 0.25) is 5.91 Å². The van der Waals surface area contributed by atoms with Crippen molar-refractivity contribution in [3.63, 3.8) is 0 Å². The highest BCUT2D eigenvalue weighted by molar-refractivity contribution is 5.83. The number of carbonyl (C=O) groups excluding carboxylic acids is 1. The van der Waals surface area contributed by atoms with Crippen molar-refractivity contribution in [3.05, 3.63) is 42.5 Å². The Hall–Kier alpha value is -2.07. The lowest BCUT2D eigenvalue weighted by Crippen LogP contribution is -2.29. The van der Waals surface area contributed by atoms with E-state index in [2.05, 4.69) is 11.4 Å². The lowest BCUT2D eigenvalue weighted by atomic mass is 10.1. The zero-order valence-electron chi connectivity index (χ0n) is 10.8. The summed E-state index contributed by atoms with van der Waals surface area (Å²) in [6, 6.07) is 14.0. The lowest BCUT2D eigenvalue weighted by molar-refractivity contribution is -0.121. The summed E-state index contributed by atoms with van der Waals surface area (Å²) >= 11 is 0. The summed E-state index contributed by atoms with van der Waals surface area (Å²) < 4.78 is 5.57. The van der Waals surface area contributed by atoms with Crippen LogP contribution in [0.15, 0.2) is 42.5 Å². The average Bonchev–Trinajstić information content (AvgIpc) is 2.45. The molecular weight excluding hydrogens is 240 g/mol. The molecule has 0 aliphatic rings. The fourth-order valence-corrected chi connectivity index (χ4v) is 1.82. The maximum absolute atomic E-state index is 11.4. The fourth-order valence-electron chi connectivity index (χ4n) is 1.82. The molecule has 100 valence electrons. The van der Waals surface area contributed by atoms with E-state index in [1.54, 1.807) is 0 Å². The Kier molecular flexibility index (Phi) is 4.75. The van der Waals surface area contributed by atoms with Crippen LogP contribution in [0.3, 0.4) is 0 Å². The van der Waals surface area contributed by atoms with Crippen LogP contribution >= 0.6 is 0 Å². The fraction of sp³-hybridized carbons (Fsp3) is 0.267. The second-order valence-electron chi connectivity index (χ2n) is 4.25. The first-order valence-corrected chi connectivity index (χ1v) is 6.38. The molecule has 0 aromatic heterocycles. The molecule has 2 aromatic rings. The van der Waals surface area contributed by atoms with Gasteiger partial charge in [-0.3, -0.25) is 4.79 Å². The highest BCUT2D eigenvalue weighted by Gasteiger charge is 2.01. The van der Waals surface area contributed by atoms with E-state index in [1.165, 1.54) is 5.39 Å². The monoisotopic (exact) mass is 258 g/mol. The molecule has 0 aliphatic carbocycles. The van der Waals surface area contributed by atoms with Crippen LogP contribution in [0.25, 0.3) is 10.8 Å². The number of fused-ring (bicyclic) bond motifs is 1. The Labute approximate surface area is 112 Å². The SMILES string of the molecule is NCCNC(=O)CCOc1ccc2ccccc2c1. The van der Waals surface area contributed by atoms with Crippen molar-refractivity contribution < 1.29 is 9.53 Å². The molecule has 0 aliphatic heterocycles. The highest BCUT2D eigenvalue weighted by Crippen LogP contribution is 2.20. The summed E-state index contributed by atoms with van der Waals surface area (Å²) in [6.45, 7) is 1.33. The number of hydrogen-bond acceptors (Lipinski definition) is 3. The maximum Gasteiger partial charge on any atom is 0.223 e. The van der Waals surface area contributed by atoms with Crippen LogP contribution in [-0.4, -0.2) is 25.6 Å². The molecule has 2 aromatic carbocycles. The van der Waals surface area contributed by atoms with Gasteiger partial charge < -0.3 is 15.8 Å². The smallest absolute Gasteiger partial charge is 0.223 e. The lowest BCUT2D eigenvalue weighted by Gasteiger charge is -2.07. The highest BCUT2D eigenvalue weighted by atomic mass is 16.5. The van der Waals surface area contributed by atoms with Crippen LogP contribution in [0.1, 0.15) is 6.42 Å². The summed E-state index contributed by atoms with van der Waals surface area (Å²) in [7, 11) is 0. The van der Waals surface area contributed by atoms with Gasteiger partial charge in [0.15, 0.2) is 0 Å². The molecule has 4 heteroatoms. The van der Waals surface area contributed by atoms with Crippen LogP contribution in [0.2, 0.25) is 0 Å². The molecule has 2 rings (SSSR count). The first kappa shape index (κ1) is 13.4. The van der Waals surface area contributed by atoms with Gasteiger partial charge in [0.1, 0.15) is 5.75 Å². The predicted octanol–water partition coefficient (Wildman–Crippen LogP) is 1.68. The predicted molar refractivity (Wildman–Crippen MR) is 76.1 cm³/mol. The zero-order valence-corrected chi connectivity index (χ0v) is 10.8. The molecule has 0 fully saturated rings. The molecule has 0 radical (unpaired) electrons.